The number of aromatic carboxylic acids is 1. The van der Waals surface area contributed by atoms with Crippen molar-refractivity contribution in [2.45, 2.75) is 6.92 Å². The topological polar surface area (TPSA) is 80.9 Å². The van der Waals surface area contributed by atoms with Crippen LogP contribution in [0.25, 0.3) is 5.69 Å². The summed E-state index contributed by atoms with van der Waals surface area (Å²) in [4.78, 5) is 27.4. The van der Waals surface area contributed by atoms with Crippen LogP contribution in [0.15, 0.2) is 71.9 Å². The summed E-state index contributed by atoms with van der Waals surface area (Å²) in [5.74, 6) is -1.36. The molecule has 0 spiro atoms. The van der Waals surface area contributed by atoms with Crippen LogP contribution in [-0.4, -0.2) is 34.4 Å². The summed E-state index contributed by atoms with van der Waals surface area (Å²) in [6, 6.07) is 17.3. The molecule has 1 heterocycles. The van der Waals surface area contributed by atoms with Crippen LogP contribution in [0.2, 0.25) is 0 Å². The third-order valence-electron chi connectivity index (χ3n) is 3.85. The fourth-order valence-electron chi connectivity index (χ4n) is 2.59. The van der Waals surface area contributed by atoms with E-state index in [1.807, 2.05) is 29.0 Å². The van der Waals surface area contributed by atoms with Crippen molar-refractivity contribution >= 4 is 23.8 Å². The Balaban J connectivity index is 1.87. The molecule has 0 atom stereocenters. The zero-order chi connectivity index (χ0) is 19.2. The van der Waals surface area contributed by atoms with Crippen LogP contribution in [0.1, 0.15) is 33.3 Å². The Morgan fingerprint density at radius 3 is 2.63 bits per heavy atom. The largest absolute Gasteiger partial charge is 0.478 e. The molecular formula is C21H18N2O4. The van der Waals surface area contributed by atoms with E-state index < -0.39 is 5.97 Å². The zero-order valence-electron chi connectivity index (χ0n) is 14.7. The van der Waals surface area contributed by atoms with Gasteiger partial charge in [0.15, 0.2) is 0 Å². The van der Waals surface area contributed by atoms with Crippen LogP contribution in [0.3, 0.4) is 0 Å². The van der Waals surface area contributed by atoms with Crippen molar-refractivity contribution in [3.05, 3.63) is 83.7 Å². The molecule has 6 nitrogen and oxygen atoms in total. The molecule has 0 unspecified atom stereocenters. The molecule has 2 aromatic carbocycles. The number of aliphatic imine (C=N–C) groups is 1. The third-order valence-corrected chi connectivity index (χ3v) is 3.85. The quantitative estimate of drug-likeness (QED) is 0.529. The van der Waals surface area contributed by atoms with Crippen molar-refractivity contribution in [2.75, 3.05) is 6.61 Å². The first-order chi connectivity index (χ1) is 13.1. The number of rotatable bonds is 6. The molecule has 3 aromatic rings. The van der Waals surface area contributed by atoms with Crippen molar-refractivity contribution in [2.24, 2.45) is 4.99 Å². The Morgan fingerprint density at radius 2 is 1.85 bits per heavy atom. The van der Waals surface area contributed by atoms with E-state index >= 15 is 0 Å². The Kier molecular flexibility index (Phi) is 5.47. The number of nitrogens with zero attached hydrogens (tertiary/aromatic N) is 2. The zero-order valence-corrected chi connectivity index (χ0v) is 14.7. The van der Waals surface area contributed by atoms with Gasteiger partial charge in [-0.15, -0.1) is 0 Å². The number of carbonyl (C=O) groups is 2. The average Bonchev–Trinajstić information content (AvgIpc) is 3.15. The molecule has 0 saturated carbocycles. The van der Waals surface area contributed by atoms with Gasteiger partial charge >= 0.3 is 11.9 Å². The summed E-state index contributed by atoms with van der Waals surface area (Å²) in [6.07, 6.45) is 3.50. The lowest BCUT2D eigenvalue weighted by Gasteiger charge is -2.07. The van der Waals surface area contributed by atoms with Crippen molar-refractivity contribution in [3.63, 3.8) is 0 Å². The molecule has 0 saturated heterocycles. The molecule has 0 radical (unpaired) electrons. The minimum atomic E-state index is -0.977. The monoisotopic (exact) mass is 362 g/mol. The van der Waals surface area contributed by atoms with E-state index in [1.165, 1.54) is 0 Å². The number of hydrogen-bond donors (Lipinski definition) is 1. The predicted molar refractivity (Wildman–Crippen MR) is 102 cm³/mol. The first-order valence-corrected chi connectivity index (χ1v) is 8.41. The van der Waals surface area contributed by atoms with E-state index in [4.69, 9.17) is 9.84 Å². The van der Waals surface area contributed by atoms with Gasteiger partial charge in [0.25, 0.3) is 0 Å². The first-order valence-electron chi connectivity index (χ1n) is 8.41. The minimum absolute atomic E-state index is 0.214. The van der Waals surface area contributed by atoms with Crippen LogP contribution in [0.4, 0.5) is 5.69 Å². The summed E-state index contributed by atoms with van der Waals surface area (Å²) in [7, 11) is 0. The number of aromatic nitrogens is 1. The van der Waals surface area contributed by atoms with Gasteiger partial charge in [0.1, 0.15) is 0 Å². The minimum Gasteiger partial charge on any atom is -0.478 e. The molecule has 1 aromatic heterocycles. The van der Waals surface area contributed by atoms with Crippen molar-refractivity contribution < 1.29 is 19.4 Å². The lowest BCUT2D eigenvalue weighted by molar-refractivity contribution is 0.0526. The van der Waals surface area contributed by atoms with Gasteiger partial charge in [0, 0.05) is 11.9 Å². The lowest BCUT2D eigenvalue weighted by Crippen LogP contribution is -2.04. The molecule has 6 heteroatoms. The molecule has 0 amide bonds. The molecule has 27 heavy (non-hydrogen) atoms. The van der Waals surface area contributed by atoms with Crippen LogP contribution in [0.5, 0.6) is 0 Å². The number of hydrogen-bond acceptors (Lipinski definition) is 4. The van der Waals surface area contributed by atoms with Gasteiger partial charge in [0.2, 0.25) is 0 Å². The SMILES string of the molecule is CCOC(=O)c1cccc(N=Cc2cccn2-c2cccc(C(=O)O)c2)c1. The molecule has 136 valence electrons. The maximum atomic E-state index is 11.8. The summed E-state index contributed by atoms with van der Waals surface area (Å²) in [6.45, 7) is 2.07. The number of benzene rings is 2. The average molecular weight is 362 g/mol. The highest BCUT2D eigenvalue weighted by molar-refractivity contribution is 5.91. The number of carboxylic acid groups (broad SMARTS) is 1. The van der Waals surface area contributed by atoms with Crippen LogP contribution < -0.4 is 0 Å². The van der Waals surface area contributed by atoms with Crippen molar-refractivity contribution in [1.82, 2.24) is 4.57 Å². The molecule has 3 rings (SSSR count). The standard InChI is InChI=1S/C21H18N2O4/c1-2-27-21(26)16-7-3-8-17(12-16)22-14-19-10-5-11-23(19)18-9-4-6-15(13-18)20(24)25/h3-14H,2H2,1H3,(H,24,25). The molecule has 0 fully saturated rings. The number of carboxylic acids is 1. The number of ether oxygens (including phenoxy) is 1. The normalized spacial score (nSPS) is 10.9. The van der Waals surface area contributed by atoms with Crippen molar-refractivity contribution in [1.29, 1.82) is 0 Å². The fourth-order valence-corrected chi connectivity index (χ4v) is 2.59. The lowest BCUT2D eigenvalue weighted by atomic mass is 10.2. The predicted octanol–water partition coefficient (Wildman–Crippen LogP) is 4.10. The molecule has 0 aliphatic carbocycles. The summed E-state index contributed by atoms with van der Waals surface area (Å²) in [5, 5.41) is 9.16. The van der Waals surface area contributed by atoms with Crippen molar-refractivity contribution in [3.8, 4) is 5.69 Å². The van der Waals surface area contributed by atoms with E-state index in [0.29, 0.717) is 17.9 Å². The Hall–Kier alpha value is -3.67. The van der Waals surface area contributed by atoms with Gasteiger partial charge in [-0.3, -0.25) is 4.99 Å². The highest BCUT2D eigenvalue weighted by Crippen LogP contribution is 2.17. The van der Waals surface area contributed by atoms with E-state index in [9.17, 15) is 9.59 Å². The number of carbonyl (C=O) groups excluding carboxylic acids is 1. The van der Waals surface area contributed by atoms with Gasteiger partial charge < -0.3 is 14.4 Å². The highest BCUT2D eigenvalue weighted by atomic mass is 16.5. The third kappa shape index (κ3) is 4.30. The Morgan fingerprint density at radius 1 is 1.07 bits per heavy atom. The van der Waals surface area contributed by atoms with E-state index in [2.05, 4.69) is 4.99 Å². The van der Waals surface area contributed by atoms with E-state index in [-0.39, 0.29) is 11.5 Å². The second kappa shape index (κ2) is 8.14. The van der Waals surface area contributed by atoms with E-state index in [0.717, 1.165) is 11.4 Å². The van der Waals surface area contributed by atoms with Gasteiger partial charge in [-0.05, 0) is 55.5 Å². The Bertz CT molecular complexity index is 1000. The summed E-state index contributed by atoms with van der Waals surface area (Å²) < 4.78 is 6.84. The maximum absolute atomic E-state index is 11.8. The smallest absolute Gasteiger partial charge is 0.338 e. The summed E-state index contributed by atoms with van der Waals surface area (Å²) >= 11 is 0. The second-order valence-corrected chi connectivity index (χ2v) is 5.69. The first kappa shape index (κ1) is 18.1. The Labute approximate surface area is 156 Å². The fraction of sp³-hybridized carbons (Fsp3) is 0.0952. The van der Waals surface area contributed by atoms with Crippen LogP contribution in [-0.2, 0) is 4.74 Å². The molecule has 0 bridgehead atoms. The maximum Gasteiger partial charge on any atom is 0.338 e. The molecule has 0 aliphatic heterocycles. The number of esters is 1. The van der Waals surface area contributed by atoms with Crippen LogP contribution in [0, 0.1) is 0 Å². The van der Waals surface area contributed by atoms with Gasteiger partial charge in [-0.1, -0.05) is 12.1 Å². The summed E-state index contributed by atoms with van der Waals surface area (Å²) in [5.41, 5.74) is 2.77. The molecular weight excluding hydrogens is 344 g/mol. The molecule has 1 N–H and O–H groups in total. The molecule has 0 aliphatic rings. The van der Waals surface area contributed by atoms with Gasteiger partial charge in [0.05, 0.1) is 35.3 Å². The van der Waals surface area contributed by atoms with Gasteiger partial charge in [-0.2, -0.15) is 0 Å². The van der Waals surface area contributed by atoms with E-state index in [1.54, 1.807) is 55.6 Å². The van der Waals surface area contributed by atoms with Crippen LogP contribution >= 0.6 is 0 Å². The highest BCUT2D eigenvalue weighted by Gasteiger charge is 2.08. The second-order valence-electron chi connectivity index (χ2n) is 5.69. The van der Waals surface area contributed by atoms with Gasteiger partial charge in [-0.25, -0.2) is 9.59 Å².